The largest absolute Gasteiger partial charge is 0.371 e. The lowest BCUT2D eigenvalue weighted by molar-refractivity contribution is -0.104. The van der Waals surface area contributed by atoms with Crippen molar-refractivity contribution < 1.29 is 18.7 Å². The van der Waals surface area contributed by atoms with Gasteiger partial charge in [0, 0.05) is 0 Å². The maximum absolute atomic E-state index is 13.6. The lowest BCUT2D eigenvalue weighted by Crippen LogP contribution is -2.08. The van der Waals surface area contributed by atoms with Crippen LogP contribution in [0.25, 0.3) is 6.08 Å². The van der Waals surface area contributed by atoms with Gasteiger partial charge in [0.2, 0.25) is 0 Å². The summed E-state index contributed by atoms with van der Waals surface area (Å²) in [6.07, 6.45) is 3.68. The van der Waals surface area contributed by atoms with Gasteiger partial charge in [-0.2, -0.15) is 0 Å². The van der Waals surface area contributed by atoms with E-state index in [1.807, 2.05) is 6.92 Å². The minimum atomic E-state index is -0.285. The van der Waals surface area contributed by atoms with E-state index in [9.17, 15) is 9.18 Å². The molecule has 0 saturated carbocycles. The summed E-state index contributed by atoms with van der Waals surface area (Å²) in [6.45, 7) is 4.88. The average molecular weight is 264 g/mol. The fourth-order valence-corrected chi connectivity index (χ4v) is 1.94. The zero-order chi connectivity index (χ0) is 13.8. The first-order valence-corrected chi connectivity index (χ1v) is 6.27. The average Bonchev–Trinajstić information content (AvgIpc) is 3.21. The van der Waals surface area contributed by atoms with Crippen LogP contribution in [0.3, 0.4) is 0 Å². The SMILES string of the molecule is Cc1c(F)ccc([C@@H](C)OC[C@H]2CO2)c1/C=C/C=O. The highest BCUT2D eigenvalue weighted by molar-refractivity contribution is 5.75. The predicted octanol–water partition coefficient (Wildman–Crippen LogP) is 2.82. The summed E-state index contributed by atoms with van der Waals surface area (Å²) in [5, 5.41) is 0. The van der Waals surface area contributed by atoms with Gasteiger partial charge < -0.3 is 9.47 Å². The molecule has 1 aliphatic rings. The minimum absolute atomic E-state index is 0.171. The van der Waals surface area contributed by atoms with Crippen molar-refractivity contribution in [1.82, 2.24) is 0 Å². The first kappa shape index (κ1) is 13.9. The van der Waals surface area contributed by atoms with Crippen molar-refractivity contribution in [3.63, 3.8) is 0 Å². The van der Waals surface area contributed by atoms with Crippen molar-refractivity contribution in [3.8, 4) is 0 Å². The van der Waals surface area contributed by atoms with Gasteiger partial charge in [-0.25, -0.2) is 4.39 Å². The quantitative estimate of drug-likeness (QED) is 0.450. The molecule has 1 heterocycles. The second-order valence-electron chi connectivity index (χ2n) is 4.60. The van der Waals surface area contributed by atoms with Crippen LogP contribution in [0.2, 0.25) is 0 Å². The summed E-state index contributed by atoms with van der Waals surface area (Å²) in [4.78, 5) is 10.5. The van der Waals surface area contributed by atoms with E-state index in [1.165, 1.54) is 12.1 Å². The fraction of sp³-hybridized carbons (Fsp3) is 0.400. The molecule has 4 heteroatoms. The molecule has 1 aliphatic heterocycles. The lowest BCUT2D eigenvalue weighted by Gasteiger charge is -2.17. The normalized spacial score (nSPS) is 19.6. The number of ether oxygens (including phenoxy) is 2. The molecule has 102 valence electrons. The van der Waals surface area contributed by atoms with Gasteiger partial charge in [-0.1, -0.05) is 12.1 Å². The molecule has 1 fully saturated rings. The zero-order valence-corrected chi connectivity index (χ0v) is 11.1. The smallest absolute Gasteiger partial charge is 0.142 e. The van der Waals surface area contributed by atoms with Gasteiger partial charge in [0.05, 0.1) is 19.3 Å². The summed E-state index contributed by atoms with van der Waals surface area (Å²) in [5.41, 5.74) is 2.10. The molecule has 0 radical (unpaired) electrons. The molecule has 0 aromatic heterocycles. The lowest BCUT2D eigenvalue weighted by atomic mass is 9.97. The van der Waals surface area contributed by atoms with Crippen molar-refractivity contribution in [3.05, 3.63) is 40.7 Å². The topological polar surface area (TPSA) is 38.8 Å². The van der Waals surface area contributed by atoms with Gasteiger partial charge in [0.1, 0.15) is 18.2 Å². The molecular weight excluding hydrogens is 247 g/mol. The number of hydrogen-bond acceptors (Lipinski definition) is 3. The molecule has 19 heavy (non-hydrogen) atoms. The molecule has 1 aromatic rings. The summed E-state index contributed by atoms with van der Waals surface area (Å²) in [7, 11) is 0. The number of benzene rings is 1. The van der Waals surface area contributed by atoms with E-state index < -0.39 is 0 Å². The molecule has 0 amide bonds. The van der Waals surface area contributed by atoms with E-state index in [1.54, 1.807) is 19.1 Å². The Labute approximate surface area is 112 Å². The standard InChI is InChI=1S/C15H17FO3/c1-10-13(4-3-7-17)14(5-6-15(10)16)11(2)18-8-12-9-19-12/h3-7,11-12H,8-9H2,1-2H3/b4-3+/t11-,12+/m1/s1. The second-order valence-corrected chi connectivity index (χ2v) is 4.60. The van der Waals surface area contributed by atoms with Gasteiger partial charge in [-0.15, -0.1) is 0 Å². The third kappa shape index (κ3) is 3.49. The fourth-order valence-electron chi connectivity index (χ4n) is 1.94. The second kappa shape index (κ2) is 6.08. The number of allylic oxidation sites excluding steroid dienone is 1. The first-order valence-electron chi connectivity index (χ1n) is 6.27. The summed E-state index contributed by atoms with van der Waals surface area (Å²) in [6, 6.07) is 3.13. The molecule has 0 spiro atoms. The van der Waals surface area contributed by atoms with Crippen molar-refractivity contribution in [2.75, 3.05) is 13.2 Å². The molecule has 0 aliphatic carbocycles. The molecule has 2 rings (SSSR count). The molecule has 3 nitrogen and oxygen atoms in total. The highest BCUT2D eigenvalue weighted by Gasteiger charge is 2.24. The van der Waals surface area contributed by atoms with E-state index in [0.717, 1.165) is 12.2 Å². The highest BCUT2D eigenvalue weighted by atomic mass is 19.1. The van der Waals surface area contributed by atoms with Crippen LogP contribution in [0.1, 0.15) is 29.7 Å². The summed E-state index contributed by atoms with van der Waals surface area (Å²) < 4.78 is 24.4. The minimum Gasteiger partial charge on any atom is -0.371 e. The number of hydrogen-bond donors (Lipinski definition) is 0. The van der Waals surface area contributed by atoms with Crippen molar-refractivity contribution in [2.45, 2.75) is 26.1 Å². The molecule has 0 bridgehead atoms. The predicted molar refractivity (Wildman–Crippen MR) is 70.3 cm³/mol. The zero-order valence-electron chi connectivity index (χ0n) is 11.1. The highest BCUT2D eigenvalue weighted by Crippen LogP contribution is 2.27. The molecule has 1 saturated heterocycles. The summed E-state index contributed by atoms with van der Waals surface area (Å²) >= 11 is 0. The maximum Gasteiger partial charge on any atom is 0.142 e. The van der Waals surface area contributed by atoms with Gasteiger partial charge in [0.25, 0.3) is 0 Å². The number of carbonyl (C=O) groups is 1. The van der Waals surface area contributed by atoms with Crippen LogP contribution in [0.4, 0.5) is 4.39 Å². The maximum atomic E-state index is 13.6. The molecule has 0 unspecified atom stereocenters. The van der Waals surface area contributed by atoms with Gasteiger partial charge in [0.15, 0.2) is 0 Å². The molecular formula is C15H17FO3. The van der Waals surface area contributed by atoms with Gasteiger partial charge in [-0.05, 0) is 42.7 Å². The Morgan fingerprint density at radius 3 is 2.95 bits per heavy atom. The van der Waals surface area contributed by atoms with E-state index in [-0.39, 0.29) is 18.0 Å². The molecule has 0 N–H and O–H groups in total. The van der Waals surface area contributed by atoms with E-state index >= 15 is 0 Å². The molecule has 1 aromatic carbocycles. The third-order valence-corrected chi connectivity index (χ3v) is 3.20. The molecule has 2 atom stereocenters. The Bertz CT molecular complexity index is 492. The Hall–Kier alpha value is -1.52. The van der Waals surface area contributed by atoms with E-state index in [0.29, 0.717) is 24.0 Å². The van der Waals surface area contributed by atoms with Crippen LogP contribution in [0.5, 0.6) is 0 Å². The van der Waals surface area contributed by atoms with Crippen molar-refractivity contribution in [1.29, 1.82) is 0 Å². The van der Waals surface area contributed by atoms with Gasteiger partial charge >= 0.3 is 0 Å². The van der Waals surface area contributed by atoms with Crippen LogP contribution in [-0.4, -0.2) is 25.6 Å². The van der Waals surface area contributed by atoms with E-state index in [4.69, 9.17) is 9.47 Å². The number of rotatable bonds is 6. The van der Waals surface area contributed by atoms with Crippen LogP contribution in [0, 0.1) is 12.7 Å². The van der Waals surface area contributed by atoms with Crippen LogP contribution < -0.4 is 0 Å². The van der Waals surface area contributed by atoms with Crippen LogP contribution >= 0.6 is 0 Å². The Morgan fingerprint density at radius 2 is 2.32 bits per heavy atom. The number of carbonyl (C=O) groups excluding carboxylic acids is 1. The Morgan fingerprint density at radius 1 is 1.58 bits per heavy atom. The van der Waals surface area contributed by atoms with Crippen LogP contribution in [0.15, 0.2) is 18.2 Å². The van der Waals surface area contributed by atoms with Crippen LogP contribution in [-0.2, 0) is 14.3 Å². The third-order valence-electron chi connectivity index (χ3n) is 3.20. The number of aldehydes is 1. The van der Waals surface area contributed by atoms with Gasteiger partial charge in [-0.3, -0.25) is 4.79 Å². The monoisotopic (exact) mass is 264 g/mol. The Kier molecular flexibility index (Phi) is 4.45. The summed E-state index contributed by atoms with van der Waals surface area (Å²) in [5.74, 6) is -0.285. The number of epoxide rings is 1. The number of halogens is 1. The van der Waals surface area contributed by atoms with Crippen molar-refractivity contribution >= 4 is 12.4 Å². The van der Waals surface area contributed by atoms with E-state index in [2.05, 4.69) is 0 Å². The first-order chi connectivity index (χ1) is 9.13. The van der Waals surface area contributed by atoms with Crippen molar-refractivity contribution in [2.24, 2.45) is 0 Å². The Balaban J connectivity index is 2.23.